The summed E-state index contributed by atoms with van der Waals surface area (Å²) in [6, 6.07) is 4.78. The van der Waals surface area contributed by atoms with Crippen molar-refractivity contribution in [2.45, 2.75) is 19.0 Å². The van der Waals surface area contributed by atoms with Crippen LogP contribution in [0.1, 0.15) is 18.5 Å². The molecule has 0 saturated heterocycles. The molecule has 5 nitrogen and oxygen atoms in total. The van der Waals surface area contributed by atoms with E-state index >= 15 is 0 Å². The van der Waals surface area contributed by atoms with Crippen LogP contribution >= 0.6 is 11.3 Å². The Bertz CT molecular complexity index is 965. The molecule has 0 spiro atoms. The molecule has 25 heavy (non-hydrogen) atoms. The number of alkyl halides is 3. The van der Waals surface area contributed by atoms with E-state index in [2.05, 4.69) is 20.3 Å². The fourth-order valence-corrected chi connectivity index (χ4v) is 3.37. The molecule has 1 amide bonds. The molecule has 0 aliphatic heterocycles. The Morgan fingerprint density at radius 2 is 2.08 bits per heavy atom. The molecule has 1 aliphatic rings. The number of anilines is 1. The van der Waals surface area contributed by atoms with Gasteiger partial charge < -0.3 is 5.32 Å². The van der Waals surface area contributed by atoms with Gasteiger partial charge in [0.2, 0.25) is 5.91 Å². The first-order chi connectivity index (χ1) is 11.9. The first-order valence-electron chi connectivity index (χ1n) is 7.51. The van der Waals surface area contributed by atoms with Crippen LogP contribution in [-0.4, -0.2) is 20.9 Å². The number of thiazole rings is 1. The third kappa shape index (κ3) is 3.19. The molecule has 1 fully saturated rings. The predicted molar refractivity (Wildman–Crippen MR) is 87.0 cm³/mol. The van der Waals surface area contributed by atoms with Crippen molar-refractivity contribution in [3.63, 3.8) is 0 Å². The average molecular weight is 364 g/mol. The predicted octanol–water partition coefficient (Wildman–Crippen LogP) is 4.12. The molecular weight excluding hydrogens is 353 g/mol. The monoisotopic (exact) mass is 364 g/mol. The van der Waals surface area contributed by atoms with E-state index in [0.29, 0.717) is 20.9 Å². The Morgan fingerprint density at radius 3 is 2.80 bits per heavy atom. The van der Waals surface area contributed by atoms with E-state index in [-0.39, 0.29) is 17.4 Å². The minimum atomic E-state index is -4.57. The van der Waals surface area contributed by atoms with Crippen molar-refractivity contribution in [1.29, 1.82) is 0 Å². The van der Waals surface area contributed by atoms with Crippen molar-refractivity contribution < 1.29 is 18.0 Å². The minimum absolute atomic E-state index is 0.0541. The topological polar surface area (TPSA) is 67.8 Å². The first-order valence-corrected chi connectivity index (χ1v) is 8.32. The Labute approximate surface area is 143 Å². The van der Waals surface area contributed by atoms with Gasteiger partial charge in [-0.05, 0) is 30.5 Å². The lowest BCUT2D eigenvalue weighted by Crippen LogP contribution is -2.12. The molecule has 3 aromatic rings. The zero-order valence-corrected chi connectivity index (χ0v) is 13.5. The molecule has 0 atom stereocenters. The van der Waals surface area contributed by atoms with Gasteiger partial charge >= 0.3 is 6.18 Å². The molecule has 1 saturated carbocycles. The lowest BCUT2D eigenvalue weighted by Gasteiger charge is -2.10. The van der Waals surface area contributed by atoms with Gasteiger partial charge in [-0.1, -0.05) is 17.4 Å². The number of rotatable bonds is 3. The molecule has 0 unspecified atom stereocenters. The van der Waals surface area contributed by atoms with Crippen LogP contribution in [0.3, 0.4) is 0 Å². The van der Waals surface area contributed by atoms with E-state index in [1.165, 1.54) is 11.3 Å². The number of carbonyl (C=O) groups is 1. The molecule has 1 aliphatic carbocycles. The van der Waals surface area contributed by atoms with Gasteiger partial charge in [0.05, 0.1) is 10.2 Å². The van der Waals surface area contributed by atoms with Gasteiger partial charge in [0.15, 0.2) is 10.8 Å². The molecule has 4 rings (SSSR count). The summed E-state index contributed by atoms with van der Waals surface area (Å²) in [5.74, 6) is -0.00604. The van der Waals surface area contributed by atoms with Crippen molar-refractivity contribution in [2.75, 3.05) is 5.32 Å². The van der Waals surface area contributed by atoms with Crippen molar-refractivity contribution in [3.05, 3.63) is 36.4 Å². The van der Waals surface area contributed by atoms with Gasteiger partial charge in [0.25, 0.3) is 0 Å². The average Bonchev–Trinajstić information content (AvgIpc) is 3.34. The molecule has 2 heterocycles. The zero-order valence-electron chi connectivity index (χ0n) is 12.7. The Morgan fingerprint density at radius 1 is 1.28 bits per heavy atom. The summed E-state index contributed by atoms with van der Waals surface area (Å²) in [7, 11) is 0. The van der Waals surface area contributed by atoms with E-state index in [9.17, 15) is 18.0 Å². The van der Waals surface area contributed by atoms with Crippen molar-refractivity contribution in [3.8, 4) is 11.1 Å². The maximum atomic E-state index is 13.1. The molecule has 1 aromatic carbocycles. The standard InChI is InChI=1S/C16H11F3N4OS/c17-16(18,19)13-10(6-20-7-21-13)9-3-4-11-12(5-9)25-15(22-11)23-14(24)8-1-2-8/h3-8H,1-2H2,(H,22,23,24). The second-order valence-electron chi connectivity index (χ2n) is 5.75. The van der Waals surface area contributed by atoms with Crippen LogP contribution in [0.2, 0.25) is 0 Å². The number of carbonyl (C=O) groups excluding carboxylic acids is 1. The van der Waals surface area contributed by atoms with E-state index in [1.54, 1.807) is 18.2 Å². The lowest BCUT2D eigenvalue weighted by atomic mass is 10.1. The molecule has 1 N–H and O–H groups in total. The van der Waals surface area contributed by atoms with Crippen LogP contribution in [-0.2, 0) is 11.0 Å². The molecular formula is C16H11F3N4OS. The van der Waals surface area contributed by atoms with E-state index < -0.39 is 11.9 Å². The number of hydrogen-bond acceptors (Lipinski definition) is 5. The Kier molecular flexibility index (Phi) is 3.68. The number of fused-ring (bicyclic) bond motifs is 1. The number of aromatic nitrogens is 3. The number of benzene rings is 1. The largest absolute Gasteiger partial charge is 0.434 e. The molecule has 0 bridgehead atoms. The summed E-state index contributed by atoms with van der Waals surface area (Å²) in [5, 5.41) is 3.20. The summed E-state index contributed by atoms with van der Waals surface area (Å²) >= 11 is 1.23. The van der Waals surface area contributed by atoms with E-state index in [4.69, 9.17) is 0 Å². The number of hydrogen-bond donors (Lipinski definition) is 1. The summed E-state index contributed by atoms with van der Waals surface area (Å²) in [4.78, 5) is 23.2. The van der Waals surface area contributed by atoms with Crippen LogP contribution in [0.5, 0.6) is 0 Å². The summed E-state index contributed by atoms with van der Waals surface area (Å²) in [6.07, 6.45) is -0.772. The van der Waals surface area contributed by atoms with E-state index in [1.807, 2.05) is 0 Å². The van der Waals surface area contributed by atoms with Crippen LogP contribution < -0.4 is 5.32 Å². The fraction of sp³-hybridized carbons (Fsp3) is 0.250. The molecule has 0 radical (unpaired) electrons. The fourth-order valence-electron chi connectivity index (χ4n) is 2.47. The van der Waals surface area contributed by atoms with Gasteiger partial charge in [0, 0.05) is 17.7 Å². The third-order valence-corrected chi connectivity index (χ3v) is 4.79. The number of nitrogens with zero attached hydrogens (tertiary/aromatic N) is 3. The smallest absolute Gasteiger partial charge is 0.302 e. The van der Waals surface area contributed by atoms with Gasteiger partial charge in [-0.3, -0.25) is 4.79 Å². The van der Waals surface area contributed by atoms with Crippen LogP contribution in [0.25, 0.3) is 21.3 Å². The summed E-state index contributed by atoms with van der Waals surface area (Å²) in [5.41, 5.74) is -0.100. The molecule has 128 valence electrons. The second kappa shape index (κ2) is 5.76. The highest BCUT2D eigenvalue weighted by Crippen LogP contribution is 2.37. The van der Waals surface area contributed by atoms with Crippen LogP contribution in [0.15, 0.2) is 30.7 Å². The maximum absolute atomic E-state index is 13.1. The highest BCUT2D eigenvalue weighted by molar-refractivity contribution is 7.22. The SMILES string of the molecule is O=C(Nc1nc2ccc(-c3cncnc3C(F)(F)F)cc2s1)C1CC1. The van der Waals surface area contributed by atoms with Gasteiger partial charge in [-0.25, -0.2) is 15.0 Å². The number of halogens is 3. The van der Waals surface area contributed by atoms with Gasteiger partial charge in [-0.15, -0.1) is 0 Å². The van der Waals surface area contributed by atoms with Crippen LogP contribution in [0, 0.1) is 5.92 Å². The zero-order chi connectivity index (χ0) is 17.6. The molecule has 2 aromatic heterocycles. The number of nitrogens with one attached hydrogen (secondary N) is 1. The van der Waals surface area contributed by atoms with Gasteiger partial charge in [-0.2, -0.15) is 13.2 Å². The lowest BCUT2D eigenvalue weighted by molar-refractivity contribution is -0.140. The van der Waals surface area contributed by atoms with Crippen molar-refractivity contribution in [2.24, 2.45) is 5.92 Å². The Hall–Kier alpha value is -2.55. The van der Waals surface area contributed by atoms with E-state index in [0.717, 1.165) is 25.4 Å². The summed E-state index contributed by atoms with van der Waals surface area (Å²) < 4.78 is 40.1. The van der Waals surface area contributed by atoms with Crippen molar-refractivity contribution >= 4 is 32.6 Å². The third-order valence-electron chi connectivity index (χ3n) is 3.86. The van der Waals surface area contributed by atoms with Crippen LogP contribution in [0.4, 0.5) is 18.3 Å². The Balaban J connectivity index is 1.71. The maximum Gasteiger partial charge on any atom is 0.434 e. The quantitative estimate of drug-likeness (QED) is 0.759. The van der Waals surface area contributed by atoms with Gasteiger partial charge in [0.1, 0.15) is 6.33 Å². The minimum Gasteiger partial charge on any atom is -0.302 e. The number of amides is 1. The summed E-state index contributed by atoms with van der Waals surface area (Å²) in [6.45, 7) is 0. The molecule has 9 heteroatoms. The normalized spacial score (nSPS) is 14.7. The first kappa shape index (κ1) is 15.9. The highest BCUT2D eigenvalue weighted by Gasteiger charge is 2.36. The highest BCUT2D eigenvalue weighted by atomic mass is 32.1. The second-order valence-corrected chi connectivity index (χ2v) is 6.78. The van der Waals surface area contributed by atoms with Crippen molar-refractivity contribution in [1.82, 2.24) is 15.0 Å².